The largest absolute Gasteiger partial charge is 0.376 e. The van der Waals surface area contributed by atoms with Crippen LogP contribution in [-0.4, -0.2) is 5.54 Å². The van der Waals surface area contributed by atoms with Gasteiger partial charge >= 0.3 is 0 Å². The highest BCUT2D eigenvalue weighted by Gasteiger charge is 2.23. The van der Waals surface area contributed by atoms with Crippen LogP contribution in [-0.2, 0) is 0 Å². The zero-order valence-electron chi connectivity index (χ0n) is 12.6. The fourth-order valence-electron chi connectivity index (χ4n) is 2.89. The van der Waals surface area contributed by atoms with Crippen molar-refractivity contribution in [3.63, 3.8) is 0 Å². The van der Waals surface area contributed by atoms with Crippen LogP contribution in [0.15, 0.2) is 36.4 Å². The average molecular weight is 303 g/mol. The molecule has 4 heteroatoms. The number of anilines is 1. The highest BCUT2D eigenvalue weighted by Crippen LogP contribution is 2.37. The van der Waals surface area contributed by atoms with Gasteiger partial charge in [0.1, 0.15) is 5.82 Å². The van der Waals surface area contributed by atoms with Gasteiger partial charge in [0.15, 0.2) is 11.6 Å². The zero-order valence-corrected chi connectivity index (χ0v) is 12.6. The molecule has 0 spiro atoms. The Labute approximate surface area is 127 Å². The van der Waals surface area contributed by atoms with Crippen molar-refractivity contribution in [3.8, 4) is 11.1 Å². The highest BCUT2D eigenvalue weighted by atomic mass is 19.2. The molecular formula is C18H16F3N. The monoisotopic (exact) mass is 303 g/mol. The van der Waals surface area contributed by atoms with Crippen molar-refractivity contribution < 1.29 is 13.2 Å². The second kappa shape index (κ2) is 4.90. The predicted molar refractivity (Wildman–Crippen MR) is 83.1 cm³/mol. The second-order valence-electron chi connectivity index (χ2n) is 6.18. The number of rotatable bonds is 1. The van der Waals surface area contributed by atoms with E-state index in [2.05, 4.69) is 25.2 Å². The summed E-state index contributed by atoms with van der Waals surface area (Å²) >= 11 is 0. The second-order valence-corrected chi connectivity index (χ2v) is 6.18. The van der Waals surface area contributed by atoms with Gasteiger partial charge in [-0.3, -0.25) is 0 Å². The van der Waals surface area contributed by atoms with E-state index < -0.39 is 17.5 Å². The van der Waals surface area contributed by atoms with E-state index in [0.717, 1.165) is 22.9 Å². The van der Waals surface area contributed by atoms with Crippen molar-refractivity contribution >= 4 is 11.3 Å². The van der Waals surface area contributed by atoms with Crippen LogP contribution < -0.4 is 5.32 Å². The van der Waals surface area contributed by atoms with E-state index in [1.165, 1.54) is 0 Å². The molecule has 0 aromatic heterocycles. The molecule has 0 radical (unpaired) electrons. The molecule has 0 bridgehead atoms. The van der Waals surface area contributed by atoms with E-state index in [0.29, 0.717) is 11.6 Å². The molecule has 1 heterocycles. The van der Waals surface area contributed by atoms with Gasteiger partial charge in [0.2, 0.25) is 0 Å². The summed E-state index contributed by atoms with van der Waals surface area (Å²) in [5, 5.41) is 3.38. The Kier molecular flexibility index (Phi) is 3.28. The van der Waals surface area contributed by atoms with Crippen LogP contribution in [0, 0.1) is 17.5 Å². The molecule has 1 nitrogen and oxygen atoms in total. The summed E-state index contributed by atoms with van der Waals surface area (Å²) in [4.78, 5) is 0. The first-order valence-corrected chi connectivity index (χ1v) is 7.04. The Balaban J connectivity index is 2.13. The molecule has 1 N–H and O–H groups in total. The van der Waals surface area contributed by atoms with Crippen LogP contribution in [0.1, 0.15) is 26.3 Å². The van der Waals surface area contributed by atoms with Gasteiger partial charge in [-0.15, -0.1) is 0 Å². The molecule has 1 aliphatic rings. The Hall–Kier alpha value is -2.23. The number of nitrogens with one attached hydrogen (secondary N) is 1. The average Bonchev–Trinajstić information content (AvgIpc) is 2.41. The maximum absolute atomic E-state index is 13.9. The van der Waals surface area contributed by atoms with Crippen molar-refractivity contribution in [2.75, 3.05) is 5.32 Å². The van der Waals surface area contributed by atoms with Crippen LogP contribution in [0.4, 0.5) is 18.9 Å². The van der Waals surface area contributed by atoms with Gasteiger partial charge in [-0.25, -0.2) is 13.2 Å². The number of halogens is 3. The van der Waals surface area contributed by atoms with Crippen molar-refractivity contribution in [2.45, 2.75) is 26.3 Å². The standard InChI is InChI=1S/C18H16F3N/c1-10-9-18(2,3)22-17-5-4-11(6-12(10)17)13-7-15(20)16(21)8-14(13)19/h4-9,22H,1-3H3. The van der Waals surface area contributed by atoms with E-state index in [1.807, 2.05) is 13.0 Å². The third kappa shape index (κ3) is 2.49. The molecule has 3 rings (SSSR count). The van der Waals surface area contributed by atoms with Crippen LogP contribution in [0.5, 0.6) is 0 Å². The highest BCUT2D eigenvalue weighted by molar-refractivity contribution is 5.83. The molecule has 0 amide bonds. The maximum Gasteiger partial charge on any atom is 0.161 e. The van der Waals surface area contributed by atoms with Crippen molar-refractivity contribution in [3.05, 3.63) is 59.4 Å². The minimum Gasteiger partial charge on any atom is -0.376 e. The first kappa shape index (κ1) is 14.7. The van der Waals surface area contributed by atoms with E-state index in [9.17, 15) is 13.2 Å². The van der Waals surface area contributed by atoms with Gasteiger partial charge < -0.3 is 5.32 Å². The van der Waals surface area contributed by atoms with Crippen molar-refractivity contribution in [1.29, 1.82) is 0 Å². The van der Waals surface area contributed by atoms with E-state index in [-0.39, 0.29) is 11.1 Å². The molecule has 1 aliphatic heterocycles. The molecule has 0 atom stereocenters. The fraction of sp³-hybridized carbons (Fsp3) is 0.222. The van der Waals surface area contributed by atoms with Gasteiger partial charge in [-0.2, -0.15) is 0 Å². The lowest BCUT2D eigenvalue weighted by Gasteiger charge is -2.31. The maximum atomic E-state index is 13.9. The van der Waals surface area contributed by atoms with Crippen molar-refractivity contribution in [2.24, 2.45) is 0 Å². The topological polar surface area (TPSA) is 12.0 Å². The number of hydrogen-bond acceptors (Lipinski definition) is 1. The lowest BCUT2D eigenvalue weighted by molar-refractivity contribution is 0.496. The predicted octanol–water partition coefficient (Wildman–Crippen LogP) is 5.38. The summed E-state index contributed by atoms with van der Waals surface area (Å²) in [6.07, 6.45) is 2.08. The Morgan fingerprint density at radius 3 is 2.27 bits per heavy atom. The smallest absolute Gasteiger partial charge is 0.161 e. The Morgan fingerprint density at radius 2 is 1.55 bits per heavy atom. The zero-order chi connectivity index (χ0) is 16.1. The lowest BCUT2D eigenvalue weighted by Crippen LogP contribution is -2.31. The Morgan fingerprint density at radius 1 is 0.864 bits per heavy atom. The van der Waals surface area contributed by atoms with Gasteiger partial charge in [-0.1, -0.05) is 12.1 Å². The molecule has 0 saturated carbocycles. The number of benzene rings is 2. The van der Waals surface area contributed by atoms with Crippen LogP contribution in [0.2, 0.25) is 0 Å². The van der Waals surface area contributed by atoms with Crippen LogP contribution in [0.25, 0.3) is 16.7 Å². The molecule has 0 saturated heterocycles. The first-order chi connectivity index (χ1) is 10.3. The number of allylic oxidation sites excluding steroid dienone is 1. The summed E-state index contributed by atoms with van der Waals surface area (Å²) in [5.41, 5.74) is 3.34. The molecule has 0 unspecified atom stereocenters. The van der Waals surface area contributed by atoms with E-state index in [4.69, 9.17) is 0 Å². The SMILES string of the molecule is CC1=CC(C)(C)Nc2ccc(-c3cc(F)c(F)cc3F)cc21. The molecule has 2 aromatic carbocycles. The minimum atomic E-state index is -1.18. The minimum absolute atomic E-state index is 0.0549. The van der Waals surface area contributed by atoms with Gasteiger partial charge in [-0.05, 0) is 50.1 Å². The summed E-state index contributed by atoms with van der Waals surface area (Å²) in [6.45, 7) is 6.09. The normalized spacial score (nSPS) is 15.8. The quantitative estimate of drug-likeness (QED) is 0.698. The van der Waals surface area contributed by atoms with E-state index >= 15 is 0 Å². The third-order valence-electron chi connectivity index (χ3n) is 3.80. The molecule has 114 valence electrons. The number of hydrogen-bond donors (Lipinski definition) is 1. The van der Waals surface area contributed by atoms with Crippen LogP contribution >= 0.6 is 0 Å². The summed E-state index contributed by atoms with van der Waals surface area (Å²) in [7, 11) is 0. The molecule has 2 aromatic rings. The van der Waals surface area contributed by atoms with Crippen LogP contribution in [0.3, 0.4) is 0 Å². The van der Waals surface area contributed by atoms with Crippen molar-refractivity contribution in [1.82, 2.24) is 0 Å². The lowest BCUT2D eigenvalue weighted by atomic mass is 9.89. The fourth-order valence-corrected chi connectivity index (χ4v) is 2.89. The molecule has 0 aliphatic carbocycles. The van der Waals surface area contributed by atoms with Gasteiger partial charge in [0, 0.05) is 22.9 Å². The first-order valence-electron chi connectivity index (χ1n) is 7.04. The van der Waals surface area contributed by atoms with Gasteiger partial charge in [0.25, 0.3) is 0 Å². The summed E-state index contributed by atoms with van der Waals surface area (Å²) in [5.74, 6) is -3.01. The summed E-state index contributed by atoms with van der Waals surface area (Å²) in [6, 6.07) is 6.80. The molecular weight excluding hydrogens is 287 g/mol. The molecule has 22 heavy (non-hydrogen) atoms. The third-order valence-corrected chi connectivity index (χ3v) is 3.80. The van der Waals surface area contributed by atoms with E-state index in [1.54, 1.807) is 12.1 Å². The Bertz CT molecular complexity index is 791. The molecule has 0 fully saturated rings. The summed E-state index contributed by atoms with van der Waals surface area (Å²) < 4.78 is 40.4. The number of fused-ring (bicyclic) bond motifs is 1. The van der Waals surface area contributed by atoms with Gasteiger partial charge in [0.05, 0.1) is 5.54 Å².